The molecule has 19 heavy (non-hydrogen) atoms. The Hall–Kier alpha value is -1.11. The first kappa shape index (κ1) is 15.9. The van der Waals surface area contributed by atoms with Crippen molar-refractivity contribution >= 4 is 15.7 Å². The molecule has 6 heteroatoms. The molecule has 1 aromatic carbocycles. The molecule has 0 aromatic heterocycles. The second kappa shape index (κ2) is 6.88. The Bertz CT molecular complexity index is 500. The van der Waals surface area contributed by atoms with Crippen LogP contribution in [0.4, 0.5) is 5.69 Å². The van der Waals surface area contributed by atoms with Crippen molar-refractivity contribution in [3.63, 3.8) is 0 Å². The molecule has 0 spiro atoms. The van der Waals surface area contributed by atoms with Crippen LogP contribution in [0.2, 0.25) is 0 Å². The monoisotopic (exact) mass is 285 g/mol. The van der Waals surface area contributed by atoms with Gasteiger partial charge in [-0.25, -0.2) is 13.1 Å². The number of benzene rings is 1. The lowest BCUT2D eigenvalue weighted by Gasteiger charge is -2.21. The summed E-state index contributed by atoms with van der Waals surface area (Å²) in [6.45, 7) is 4.91. The fourth-order valence-corrected chi connectivity index (χ4v) is 2.78. The van der Waals surface area contributed by atoms with Crippen molar-refractivity contribution < 1.29 is 8.42 Å². The number of nitrogens with zero attached hydrogens (tertiary/aromatic N) is 1. The zero-order valence-electron chi connectivity index (χ0n) is 12.0. The minimum absolute atomic E-state index is 0.294. The lowest BCUT2D eigenvalue weighted by atomic mass is 10.2. The van der Waals surface area contributed by atoms with Gasteiger partial charge in [0.05, 0.1) is 5.69 Å². The summed E-state index contributed by atoms with van der Waals surface area (Å²) < 4.78 is 26.7. The fraction of sp³-hybridized carbons (Fsp3) is 0.538. The number of rotatable bonds is 7. The van der Waals surface area contributed by atoms with Crippen molar-refractivity contribution in [1.29, 1.82) is 0 Å². The third-order valence-electron chi connectivity index (χ3n) is 2.98. The summed E-state index contributed by atoms with van der Waals surface area (Å²) >= 11 is 0. The van der Waals surface area contributed by atoms with Crippen LogP contribution >= 0.6 is 0 Å². The molecule has 0 bridgehead atoms. The summed E-state index contributed by atoms with van der Waals surface area (Å²) in [5.74, 6) is 0. The predicted molar refractivity (Wildman–Crippen MR) is 78.9 cm³/mol. The number of anilines is 1. The van der Waals surface area contributed by atoms with E-state index in [0.29, 0.717) is 29.7 Å². The molecule has 1 rings (SSSR count). The molecule has 0 saturated heterocycles. The van der Waals surface area contributed by atoms with Gasteiger partial charge in [0.15, 0.2) is 0 Å². The second-order valence-electron chi connectivity index (χ2n) is 4.69. The summed E-state index contributed by atoms with van der Waals surface area (Å²) in [7, 11) is 0.552. The molecule has 0 saturated carbocycles. The molecule has 0 heterocycles. The Labute approximate surface area is 116 Å². The fourth-order valence-electron chi connectivity index (χ4n) is 1.56. The highest BCUT2D eigenvalue weighted by Crippen LogP contribution is 2.20. The Kier molecular flexibility index (Phi) is 5.78. The Balaban J connectivity index is 2.91. The average Bonchev–Trinajstić information content (AvgIpc) is 2.36. The Morgan fingerprint density at radius 1 is 1.26 bits per heavy atom. The molecular formula is C13H23N3O2S. The molecule has 108 valence electrons. The van der Waals surface area contributed by atoms with Gasteiger partial charge in [-0.1, -0.05) is 19.1 Å². The van der Waals surface area contributed by atoms with Gasteiger partial charge in [0.25, 0.3) is 0 Å². The number of hydrogen-bond donors (Lipinski definition) is 2. The SMILES string of the molecule is CCNS(=O)(=O)c1ccccc1NCC(C)N(C)C. The molecule has 5 nitrogen and oxygen atoms in total. The lowest BCUT2D eigenvalue weighted by Crippen LogP contribution is -2.32. The molecule has 2 N–H and O–H groups in total. The van der Waals surface area contributed by atoms with Crippen LogP contribution in [0.1, 0.15) is 13.8 Å². The molecule has 0 radical (unpaired) electrons. The third-order valence-corrected chi connectivity index (χ3v) is 4.58. The molecule has 0 aliphatic heterocycles. The van der Waals surface area contributed by atoms with Crippen LogP contribution in [0.15, 0.2) is 29.2 Å². The number of nitrogens with one attached hydrogen (secondary N) is 2. The largest absolute Gasteiger partial charge is 0.382 e. The van der Waals surface area contributed by atoms with Crippen LogP contribution in [-0.2, 0) is 10.0 Å². The van der Waals surface area contributed by atoms with Crippen LogP contribution in [0.3, 0.4) is 0 Å². The van der Waals surface area contributed by atoms with Gasteiger partial charge in [-0.05, 0) is 33.2 Å². The summed E-state index contributed by atoms with van der Waals surface area (Å²) in [6.07, 6.45) is 0. The van der Waals surface area contributed by atoms with Gasteiger partial charge in [0, 0.05) is 19.1 Å². The van der Waals surface area contributed by atoms with Crippen molar-refractivity contribution in [2.24, 2.45) is 0 Å². The number of para-hydroxylation sites is 1. The molecular weight excluding hydrogens is 262 g/mol. The molecule has 0 aliphatic carbocycles. The van der Waals surface area contributed by atoms with Gasteiger partial charge < -0.3 is 10.2 Å². The summed E-state index contributed by atoms with van der Waals surface area (Å²) in [5, 5.41) is 3.20. The standard InChI is InChI=1S/C13H23N3O2S/c1-5-15-19(17,18)13-9-7-6-8-12(13)14-10-11(2)16(3)4/h6-9,11,14-15H,5,10H2,1-4H3. The minimum atomic E-state index is -3.44. The number of likely N-dealkylation sites (N-methyl/N-ethyl adjacent to an activating group) is 1. The smallest absolute Gasteiger partial charge is 0.242 e. The quantitative estimate of drug-likeness (QED) is 0.794. The Morgan fingerprint density at radius 2 is 1.89 bits per heavy atom. The maximum Gasteiger partial charge on any atom is 0.242 e. The zero-order chi connectivity index (χ0) is 14.5. The molecule has 1 unspecified atom stereocenters. The van der Waals surface area contributed by atoms with E-state index in [0.717, 1.165) is 0 Å². The molecule has 1 aromatic rings. The average molecular weight is 285 g/mol. The summed E-state index contributed by atoms with van der Waals surface area (Å²) in [5.41, 5.74) is 0.636. The zero-order valence-corrected chi connectivity index (χ0v) is 12.8. The van der Waals surface area contributed by atoms with Crippen LogP contribution in [0, 0.1) is 0 Å². The first-order valence-electron chi connectivity index (χ1n) is 6.37. The lowest BCUT2D eigenvalue weighted by molar-refractivity contribution is 0.326. The first-order chi connectivity index (χ1) is 8.88. The van der Waals surface area contributed by atoms with E-state index in [4.69, 9.17) is 0 Å². The molecule has 0 aliphatic rings. The van der Waals surface area contributed by atoms with Crippen molar-refractivity contribution in [3.8, 4) is 0 Å². The van der Waals surface area contributed by atoms with E-state index in [-0.39, 0.29) is 0 Å². The van der Waals surface area contributed by atoms with Gasteiger partial charge in [-0.3, -0.25) is 0 Å². The number of sulfonamides is 1. The maximum absolute atomic E-state index is 12.1. The minimum Gasteiger partial charge on any atom is -0.382 e. The van der Waals surface area contributed by atoms with E-state index in [2.05, 4.69) is 21.9 Å². The van der Waals surface area contributed by atoms with Crippen molar-refractivity contribution in [1.82, 2.24) is 9.62 Å². The van der Waals surface area contributed by atoms with Gasteiger partial charge in [0.2, 0.25) is 10.0 Å². The van der Waals surface area contributed by atoms with Crippen LogP contribution in [-0.4, -0.2) is 46.5 Å². The highest BCUT2D eigenvalue weighted by atomic mass is 32.2. The Morgan fingerprint density at radius 3 is 2.47 bits per heavy atom. The predicted octanol–water partition coefficient (Wildman–Crippen LogP) is 1.35. The van der Waals surface area contributed by atoms with Gasteiger partial charge in [0.1, 0.15) is 4.90 Å². The van der Waals surface area contributed by atoms with E-state index < -0.39 is 10.0 Å². The molecule has 0 amide bonds. The second-order valence-corrected chi connectivity index (χ2v) is 6.43. The van der Waals surface area contributed by atoms with Gasteiger partial charge >= 0.3 is 0 Å². The van der Waals surface area contributed by atoms with E-state index in [1.165, 1.54) is 0 Å². The highest BCUT2D eigenvalue weighted by molar-refractivity contribution is 7.89. The third kappa shape index (κ3) is 4.49. The molecule has 1 atom stereocenters. The van der Waals surface area contributed by atoms with Crippen LogP contribution in [0.5, 0.6) is 0 Å². The van der Waals surface area contributed by atoms with E-state index in [9.17, 15) is 8.42 Å². The summed E-state index contributed by atoms with van der Waals surface area (Å²) in [4.78, 5) is 2.37. The van der Waals surface area contributed by atoms with E-state index >= 15 is 0 Å². The normalized spacial score (nSPS) is 13.5. The molecule has 0 fully saturated rings. The van der Waals surface area contributed by atoms with Gasteiger partial charge in [-0.2, -0.15) is 0 Å². The van der Waals surface area contributed by atoms with E-state index in [1.54, 1.807) is 25.1 Å². The first-order valence-corrected chi connectivity index (χ1v) is 7.85. The van der Waals surface area contributed by atoms with Crippen LogP contribution in [0.25, 0.3) is 0 Å². The number of hydrogen-bond acceptors (Lipinski definition) is 4. The van der Waals surface area contributed by atoms with Crippen molar-refractivity contribution in [2.75, 3.05) is 32.5 Å². The topological polar surface area (TPSA) is 61.4 Å². The van der Waals surface area contributed by atoms with Crippen LogP contribution < -0.4 is 10.0 Å². The maximum atomic E-state index is 12.1. The van der Waals surface area contributed by atoms with Crippen molar-refractivity contribution in [2.45, 2.75) is 24.8 Å². The van der Waals surface area contributed by atoms with Gasteiger partial charge in [-0.15, -0.1) is 0 Å². The summed E-state index contributed by atoms with van der Waals surface area (Å²) in [6, 6.07) is 7.26. The highest BCUT2D eigenvalue weighted by Gasteiger charge is 2.17. The van der Waals surface area contributed by atoms with E-state index in [1.807, 2.05) is 20.2 Å². The van der Waals surface area contributed by atoms with Crippen molar-refractivity contribution in [3.05, 3.63) is 24.3 Å².